The van der Waals surface area contributed by atoms with Crippen LogP contribution < -0.4 is 10.6 Å². The van der Waals surface area contributed by atoms with Crippen LogP contribution in [0.5, 0.6) is 0 Å². The zero-order chi connectivity index (χ0) is 12.3. The molecule has 1 amide bonds. The average molecular weight is 309 g/mol. The molecule has 0 radical (unpaired) electrons. The van der Waals surface area contributed by atoms with Gasteiger partial charge in [-0.2, -0.15) is 5.10 Å². The number of amides is 1. The minimum absolute atomic E-state index is 0. The van der Waals surface area contributed by atoms with Crippen molar-refractivity contribution in [3.8, 4) is 0 Å². The van der Waals surface area contributed by atoms with Crippen LogP contribution in [0.4, 0.5) is 0 Å². The quantitative estimate of drug-likeness (QED) is 0.890. The molecule has 1 aliphatic heterocycles. The molecule has 2 heterocycles. The van der Waals surface area contributed by atoms with E-state index in [9.17, 15) is 4.79 Å². The van der Waals surface area contributed by atoms with Crippen molar-refractivity contribution in [2.45, 2.75) is 44.8 Å². The second kappa shape index (κ2) is 8.40. The van der Waals surface area contributed by atoms with Gasteiger partial charge in [-0.15, -0.1) is 24.8 Å². The Kier molecular flexibility index (Phi) is 8.06. The molecule has 0 spiro atoms. The normalized spacial score (nSPS) is 23.7. The molecule has 0 bridgehead atoms. The highest BCUT2D eigenvalue weighted by atomic mass is 35.5. The lowest BCUT2D eigenvalue weighted by atomic mass is 9.99. The molecular weight excluding hydrogens is 287 g/mol. The molecule has 2 rings (SSSR count). The summed E-state index contributed by atoms with van der Waals surface area (Å²) in [6.07, 6.45) is 5.67. The molecule has 1 aliphatic rings. The van der Waals surface area contributed by atoms with E-state index in [0.717, 1.165) is 19.4 Å². The van der Waals surface area contributed by atoms with E-state index in [0.29, 0.717) is 6.04 Å². The summed E-state index contributed by atoms with van der Waals surface area (Å²) in [5, 5.41) is 10.6. The first kappa shape index (κ1) is 18.2. The molecule has 2 N–H and O–H groups in total. The summed E-state index contributed by atoms with van der Waals surface area (Å²) in [6, 6.07) is 2.15. The van der Waals surface area contributed by atoms with Crippen LogP contribution in [0.15, 0.2) is 18.5 Å². The maximum absolute atomic E-state index is 12.1. The van der Waals surface area contributed by atoms with E-state index >= 15 is 0 Å². The molecule has 0 aliphatic carbocycles. The van der Waals surface area contributed by atoms with Gasteiger partial charge in [-0.05, 0) is 39.3 Å². The number of aromatic nitrogens is 2. The molecule has 0 saturated carbocycles. The molecule has 5 nitrogen and oxygen atoms in total. The Balaban J connectivity index is 0.00000162. The van der Waals surface area contributed by atoms with Gasteiger partial charge >= 0.3 is 0 Å². The predicted molar refractivity (Wildman–Crippen MR) is 80.1 cm³/mol. The van der Waals surface area contributed by atoms with Crippen molar-refractivity contribution in [1.29, 1.82) is 0 Å². The fraction of sp³-hybridized carbons (Fsp3) is 0.667. The SMILES string of the molecule is CC1NCCCC1NC(=O)C(C)n1cccn1.Cl.Cl. The number of carbonyl (C=O) groups excluding carboxylic acids is 1. The summed E-state index contributed by atoms with van der Waals surface area (Å²) < 4.78 is 1.68. The molecule has 1 saturated heterocycles. The predicted octanol–water partition coefficient (Wildman–Crippen LogP) is 1.54. The van der Waals surface area contributed by atoms with Crippen LogP contribution in [0.3, 0.4) is 0 Å². The number of halogens is 2. The van der Waals surface area contributed by atoms with Crippen molar-refractivity contribution in [2.24, 2.45) is 0 Å². The average Bonchev–Trinajstić information content (AvgIpc) is 2.84. The van der Waals surface area contributed by atoms with Crippen LogP contribution in [0.25, 0.3) is 0 Å². The van der Waals surface area contributed by atoms with E-state index in [2.05, 4.69) is 22.7 Å². The first-order chi connectivity index (χ1) is 8.18. The Morgan fingerprint density at radius 3 is 2.84 bits per heavy atom. The summed E-state index contributed by atoms with van der Waals surface area (Å²) in [7, 11) is 0. The van der Waals surface area contributed by atoms with Crippen molar-refractivity contribution in [2.75, 3.05) is 6.54 Å². The number of hydrogen-bond acceptors (Lipinski definition) is 3. The summed E-state index contributed by atoms with van der Waals surface area (Å²) in [5.74, 6) is 0.0363. The Hall–Kier alpha value is -0.780. The van der Waals surface area contributed by atoms with Gasteiger partial charge in [0.2, 0.25) is 5.91 Å². The lowest BCUT2D eigenvalue weighted by molar-refractivity contribution is -0.125. The zero-order valence-corrected chi connectivity index (χ0v) is 12.8. The van der Waals surface area contributed by atoms with Crippen LogP contribution in [0, 0.1) is 0 Å². The van der Waals surface area contributed by atoms with Crippen molar-refractivity contribution in [1.82, 2.24) is 20.4 Å². The maximum atomic E-state index is 12.1. The molecule has 1 fully saturated rings. The molecule has 3 atom stereocenters. The van der Waals surface area contributed by atoms with Crippen LogP contribution in [-0.4, -0.2) is 34.3 Å². The van der Waals surface area contributed by atoms with Crippen molar-refractivity contribution in [3.05, 3.63) is 18.5 Å². The molecular formula is C12H22Cl2N4O. The highest BCUT2D eigenvalue weighted by Crippen LogP contribution is 2.10. The van der Waals surface area contributed by atoms with Gasteiger partial charge in [-0.25, -0.2) is 0 Å². The summed E-state index contributed by atoms with van der Waals surface area (Å²) in [4.78, 5) is 12.1. The molecule has 7 heteroatoms. The van der Waals surface area contributed by atoms with Crippen LogP contribution in [-0.2, 0) is 4.79 Å². The van der Waals surface area contributed by atoms with Gasteiger partial charge in [-0.1, -0.05) is 0 Å². The fourth-order valence-electron chi connectivity index (χ4n) is 2.17. The molecule has 19 heavy (non-hydrogen) atoms. The number of hydrogen-bond donors (Lipinski definition) is 2. The lowest BCUT2D eigenvalue weighted by Gasteiger charge is -2.31. The fourth-order valence-corrected chi connectivity index (χ4v) is 2.17. The van der Waals surface area contributed by atoms with E-state index < -0.39 is 0 Å². The highest BCUT2D eigenvalue weighted by molar-refractivity contribution is 5.85. The van der Waals surface area contributed by atoms with Gasteiger partial charge in [0.05, 0.1) is 0 Å². The van der Waals surface area contributed by atoms with E-state index in [1.54, 1.807) is 10.9 Å². The topological polar surface area (TPSA) is 58.9 Å². The first-order valence-corrected chi connectivity index (χ1v) is 6.21. The highest BCUT2D eigenvalue weighted by Gasteiger charge is 2.25. The van der Waals surface area contributed by atoms with Gasteiger partial charge in [0.25, 0.3) is 0 Å². The number of piperidine rings is 1. The van der Waals surface area contributed by atoms with Gasteiger partial charge < -0.3 is 10.6 Å². The van der Waals surface area contributed by atoms with E-state index in [1.807, 2.05) is 19.2 Å². The van der Waals surface area contributed by atoms with Crippen molar-refractivity contribution < 1.29 is 4.79 Å². The van der Waals surface area contributed by atoms with E-state index in [4.69, 9.17) is 0 Å². The third-order valence-corrected chi connectivity index (χ3v) is 3.39. The van der Waals surface area contributed by atoms with E-state index in [-0.39, 0.29) is 42.8 Å². The lowest BCUT2D eigenvalue weighted by Crippen LogP contribution is -2.53. The molecule has 3 unspecified atom stereocenters. The van der Waals surface area contributed by atoms with Gasteiger partial charge in [0.15, 0.2) is 0 Å². The first-order valence-electron chi connectivity index (χ1n) is 6.21. The Morgan fingerprint density at radius 1 is 1.53 bits per heavy atom. The standard InChI is InChI=1S/C12H20N4O.2ClH/c1-9-11(5-3-6-13-9)15-12(17)10(2)16-8-4-7-14-16;;/h4,7-11,13H,3,5-6H2,1-2H3,(H,15,17);2*1H. The zero-order valence-electron chi connectivity index (χ0n) is 11.2. The summed E-state index contributed by atoms with van der Waals surface area (Å²) >= 11 is 0. The minimum atomic E-state index is -0.251. The Labute approximate surface area is 126 Å². The molecule has 1 aromatic heterocycles. The van der Waals surface area contributed by atoms with Gasteiger partial charge in [0.1, 0.15) is 6.04 Å². The van der Waals surface area contributed by atoms with Gasteiger partial charge in [0, 0.05) is 24.5 Å². The number of nitrogens with one attached hydrogen (secondary N) is 2. The number of carbonyl (C=O) groups is 1. The summed E-state index contributed by atoms with van der Waals surface area (Å²) in [6.45, 7) is 5.02. The monoisotopic (exact) mass is 308 g/mol. The van der Waals surface area contributed by atoms with E-state index in [1.165, 1.54) is 0 Å². The van der Waals surface area contributed by atoms with Crippen LogP contribution in [0.2, 0.25) is 0 Å². The molecule has 1 aromatic rings. The van der Waals surface area contributed by atoms with Crippen LogP contribution >= 0.6 is 24.8 Å². The Morgan fingerprint density at radius 2 is 2.26 bits per heavy atom. The third-order valence-electron chi connectivity index (χ3n) is 3.39. The van der Waals surface area contributed by atoms with Crippen molar-refractivity contribution >= 4 is 30.7 Å². The smallest absolute Gasteiger partial charge is 0.244 e. The third kappa shape index (κ3) is 4.67. The molecule has 0 aromatic carbocycles. The molecule has 110 valence electrons. The minimum Gasteiger partial charge on any atom is -0.350 e. The number of rotatable bonds is 3. The van der Waals surface area contributed by atoms with Crippen LogP contribution in [0.1, 0.15) is 32.7 Å². The van der Waals surface area contributed by atoms with Gasteiger partial charge in [-0.3, -0.25) is 9.48 Å². The largest absolute Gasteiger partial charge is 0.350 e. The summed E-state index contributed by atoms with van der Waals surface area (Å²) in [5.41, 5.74) is 0. The number of nitrogens with zero attached hydrogens (tertiary/aromatic N) is 2. The second-order valence-corrected chi connectivity index (χ2v) is 4.66. The second-order valence-electron chi connectivity index (χ2n) is 4.66. The maximum Gasteiger partial charge on any atom is 0.244 e. The van der Waals surface area contributed by atoms with Crippen molar-refractivity contribution in [3.63, 3.8) is 0 Å². The Bertz CT molecular complexity index is 372.